The highest BCUT2D eigenvalue weighted by Gasteiger charge is 2.52. The second-order valence-electron chi connectivity index (χ2n) is 7.35. The van der Waals surface area contributed by atoms with Gasteiger partial charge in [0.2, 0.25) is 0 Å². The molecule has 0 aromatic carbocycles. The topological polar surface area (TPSA) is 71.5 Å². The summed E-state index contributed by atoms with van der Waals surface area (Å²) >= 11 is 0. The van der Waals surface area contributed by atoms with Gasteiger partial charge in [-0.3, -0.25) is 4.68 Å². The van der Waals surface area contributed by atoms with Gasteiger partial charge in [-0.25, -0.2) is 0 Å². The van der Waals surface area contributed by atoms with Gasteiger partial charge in [0.1, 0.15) is 0 Å². The smallest absolute Gasteiger partial charge is 0.399 e. The molecule has 0 radical (unpaired) electrons. The second-order valence-corrected chi connectivity index (χ2v) is 7.35. The van der Waals surface area contributed by atoms with E-state index in [1.54, 1.807) is 0 Å². The first kappa shape index (κ1) is 16.0. The average Bonchev–Trinajstić information content (AvgIpc) is 3.04. The average molecular weight is 307 g/mol. The van der Waals surface area contributed by atoms with Gasteiger partial charge in [0.05, 0.1) is 16.7 Å². The van der Waals surface area contributed by atoms with E-state index in [0.29, 0.717) is 6.54 Å². The third-order valence-corrected chi connectivity index (χ3v) is 5.42. The van der Waals surface area contributed by atoms with Crippen LogP contribution in [0.2, 0.25) is 0 Å². The number of ether oxygens (including phenoxy) is 1. The summed E-state index contributed by atoms with van der Waals surface area (Å²) in [7, 11) is -0.381. The molecule has 0 atom stereocenters. The van der Waals surface area contributed by atoms with E-state index in [4.69, 9.17) is 19.8 Å². The van der Waals surface area contributed by atoms with Crippen LogP contribution in [-0.4, -0.2) is 47.9 Å². The second kappa shape index (κ2) is 5.34. The SMILES string of the molecule is CC1(C)OB(c2cnn(C3(CN)CCOCC3)c2)OC1(C)C. The van der Waals surface area contributed by atoms with Crippen LogP contribution >= 0.6 is 0 Å². The van der Waals surface area contributed by atoms with Crippen molar-refractivity contribution in [3.63, 3.8) is 0 Å². The summed E-state index contributed by atoms with van der Waals surface area (Å²) in [5.41, 5.74) is 6.14. The number of hydrogen-bond acceptors (Lipinski definition) is 5. The molecule has 0 unspecified atom stereocenters. The molecule has 6 nitrogen and oxygen atoms in total. The van der Waals surface area contributed by atoms with Gasteiger partial charge in [-0.2, -0.15) is 5.10 Å². The van der Waals surface area contributed by atoms with Gasteiger partial charge in [0, 0.05) is 37.6 Å². The minimum atomic E-state index is -0.381. The maximum atomic E-state index is 6.09. The first-order valence-corrected chi connectivity index (χ1v) is 7.98. The lowest BCUT2D eigenvalue weighted by Gasteiger charge is -2.36. The van der Waals surface area contributed by atoms with Crippen LogP contribution in [0.25, 0.3) is 0 Å². The number of nitrogens with zero attached hydrogens (tertiary/aromatic N) is 2. The standard InChI is InChI=1S/C15H26BN3O3/c1-13(2)14(3,4)22-16(21-13)12-9-18-19(10-12)15(11-17)5-7-20-8-6-15/h9-10H,5-8,11,17H2,1-4H3. The van der Waals surface area contributed by atoms with Crippen molar-refractivity contribution in [3.05, 3.63) is 12.4 Å². The maximum absolute atomic E-state index is 6.09. The molecule has 2 aliphatic heterocycles. The largest absolute Gasteiger partial charge is 0.498 e. The minimum Gasteiger partial charge on any atom is -0.399 e. The van der Waals surface area contributed by atoms with Crippen LogP contribution in [0.15, 0.2) is 12.4 Å². The highest BCUT2D eigenvalue weighted by molar-refractivity contribution is 6.62. The molecule has 1 aromatic rings. The zero-order chi connectivity index (χ0) is 16.0. The Morgan fingerprint density at radius 2 is 1.77 bits per heavy atom. The zero-order valence-corrected chi connectivity index (χ0v) is 14.0. The zero-order valence-electron chi connectivity index (χ0n) is 14.0. The van der Waals surface area contributed by atoms with E-state index >= 15 is 0 Å². The fraction of sp³-hybridized carbons (Fsp3) is 0.800. The van der Waals surface area contributed by atoms with Crippen LogP contribution in [0.1, 0.15) is 40.5 Å². The molecule has 2 fully saturated rings. The van der Waals surface area contributed by atoms with E-state index in [2.05, 4.69) is 32.8 Å². The summed E-state index contributed by atoms with van der Waals surface area (Å²) in [6, 6.07) is 0. The highest BCUT2D eigenvalue weighted by atomic mass is 16.7. The quantitative estimate of drug-likeness (QED) is 0.830. The molecule has 1 aromatic heterocycles. The summed E-state index contributed by atoms with van der Waals surface area (Å²) in [6.07, 6.45) is 5.61. The minimum absolute atomic E-state index is 0.153. The van der Waals surface area contributed by atoms with Crippen molar-refractivity contribution in [3.8, 4) is 0 Å². The van der Waals surface area contributed by atoms with E-state index in [0.717, 1.165) is 31.5 Å². The van der Waals surface area contributed by atoms with E-state index in [-0.39, 0.29) is 23.9 Å². The molecule has 0 spiro atoms. The monoisotopic (exact) mass is 307 g/mol. The Bertz CT molecular complexity index is 522. The van der Waals surface area contributed by atoms with Crippen molar-refractivity contribution in [1.82, 2.24) is 9.78 Å². The number of nitrogens with two attached hydrogens (primary N) is 1. The van der Waals surface area contributed by atoms with Crippen LogP contribution < -0.4 is 11.2 Å². The van der Waals surface area contributed by atoms with E-state index in [1.807, 2.05) is 17.1 Å². The molecule has 2 aliphatic rings. The molecule has 0 amide bonds. The molecule has 7 heteroatoms. The fourth-order valence-corrected chi connectivity index (χ4v) is 2.98. The number of rotatable bonds is 3. The van der Waals surface area contributed by atoms with E-state index < -0.39 is 0 Å². The molecule has 0 saturated carbocycles. The molecular formula is C15H26BN3O3. The summed E-state index contributed by atoms with van der Waals surface area (Å²) in [6.45, 7) is 10.2. The number of aromatic nitrogens is 2. The molecule has 122 valence electrons. The summed E-state index contributed by atoms with van der Waals surface area (Å²) in [4.78, 5) is 0. The van der Waals surface area contributed by atoms with Crippen LogP contribution in [0.3, 0.4) is 0 Å². The van der Waals surface area contributed by atoms with E-state index in [9.17, 15) is 0 Å². The Morgan fingerprint density at radius 1 is 1.18 bits per heavy atom. The van der Waals surface area contributed by atoms with Gasteiger partial charge in [-0.15, -0.1) is 0 Å². The molecule has 2 saturated heterocycles. The molecular weight excluding hydrogens is 281 g/mol. The van der Waals surface area contributed by atoms with Crippen LogP contribution in [0.4, 0.5) is 0 Å². The summed E-state index contributed by atoms with van der Waals surface area (Å²) < 4.78 is 19.6. The van der Waals surface area contributed by atoms with Crippen molar-refractivity contribution < 1.29 is 14.0 Å². The predicted molar refractivity (Wildman–Crippen MR) is 85.0 cm³/mol. The lowest BCUT2D eigenvalue weighted by molar-refractivity contribution is 0.00578. The van der Waals surface area contributed by atoms with Gasteiger partial charge >= 0.3 is 7.12 Å². The summed E-state index contributed by atoms with van der Waals surface area (Å²) in [5.74, 6) is 0. The molecule has 0 aliphatic carbocycles. The summed E-state index contributed by atoms with van der Waals surface area (Å²) in [5, 5.41) is 4.54. The van der Waals surface area contributed by atoms with Gasteiger partial charge < -0.3 is 19.8 Å². The van der Waals surface area contributed by atoms with Crippen molar-refractivity contribution in [2.24, 2.45) is 5.73 Å². The molecule has 2 N–H and O–H groups in total. The lowest BCUT2D eigenvalue weighted by atomic mass is 9.81. The predicted octanol–water partition coefficient (Wildman–Crippen LogP) is 0.647. The molecule has 0 bridgehead atoms. The van der Waals surface area contributed by atoms with Crippen molar-refractivity contribution in [2.45, 2.75) is 57.3 Å². The molecule has 3 rings (SSSR count). The van der Waals surface area contributed by atoms with Gasteiger partial charge in [0.15, 0.2) is 0 Å². The number of hydrogen-bond donors (Lipinski definition) is 1. The van der Waals surface area contributed by atoms with Crippen LogP contribution in [-0.2, 0) is 19.6 Å². The maximum Gasteiger partial charge on any atom is 0.498 e. The van der Waals surface area contributed by atoms with Crippen molar-refractivity contribution in [1.29, 1.82) is 0 Å². The van der Waals surface area contributed by atoms with Gasteiger partial charge in [-0.05, 0) is 40.5 Å². The molecule has 3 heterocycles. The first-order chi connectivity index (χ1) is 10.3. The lowest BCUT2D eigenvalue weighted by Crippen LogP contribution is -2.46. The Hall–Kier alpha value is -0.885. The van der Waals surface area contributed by atoms with E-state index in [1.165, 1.54) is 0 Å². The van der Waals surface area contributed by atoms with Gasteiger partial charge in [0.25, 0.3) is 0 Å². The highest BCUT2D eigenvalue weighted by Crippen LogP contribution is 2.36. The fourth-order valence-electron chi connectivity index (χ4n) is 2.98. The third kappa shape index (κ3) is 2.50. The molecule has 22 heavy (non-hydrogen) atoms. The van der Waals surface area contributed by atoms with Crippen molar-refractivity contribution in [2.75, 3.05) is 19.8 Å². The first-order valence-electron chi connectivity index (χ1n) is 7.98. The Kier molecular flexibility index (Phi) is 3.88. The Labute approximate surface area is 132 Å². The normalized spacial score (nSPS) is 26.3. The van der Waals surface area contributed by atoms with Crippen molar-refractivity contribution >= 4 is 12.6 Å². The third-order valence-electron chi connectivity index (χ3n) is 5.42. The van der Waals surface area contributed by atoms with Crippen LogP contribution in [0, 0.1) is 0 Å². The Balaban J connectivity index is 1.83. The van der Waals surface area contributed by atoms with Crippen LogP contribution in [0.5, 0.6) is 0 Å². The Morgan fingerprint density at radius 3 is 2.32 bits per heavy atom. The van der Waals surface area contributed by atoms with Gasteiger partial charge in [-0.1, -0.05) is 0 Å².